The molecule has 0 saturated heterocycles. The summed E-state index contributed by atoms with van der Waals surface area (Å²) < 4.78 is 10.7. The summed E-state index contributed by atoms with van der Waals surface area (Å²) in [6.45, 7) is 9.55. The number of aryl methyl sites for hydroxylation is 1. The summed E-state index contributed by atoms with van der Waals surface area (Å²) in [5, 5.41) is 9.19. The van der Waals surface area contributed by atoms with Crippen LogP contribution in [0, 0.1) is 6.92 Å². The molecule has 0 aromatic heterocycles. The molecule has 110 valence electrons. The van der Waals surface area contributed by atoms with E-state index in [9.17, 15) is 9.90 Å². The lowest BCUT2D eigenvalue weighted by atomic mass is 9.73. The second kappa shape index (κ2) is 5.99. The Morgan fingerprint density at radius 3 is 2.25 bits per heavy atom. The van der Waals surface area contributed by atoms with Crippen molar-refractivity contribution in [2.75, 3.05) is 14.2 Å². The first-order valence-electron chi connectivity index (χ1n) is 6.37. The van der Waals surface area contributed by atoms with Crippen LogP contribution in [0.3, 0.4) is 0 Å². The number of carboxylic acids is 1. The molecule has 1 N–H and O–H groups in total. The zero-order valence-electron chi connectivity index (χ0n) is 12.7. The fraction of sp³-hybridized carbons (Fsp3) is 0.438. The van der Waals surface area contributed by atoms with E-state index < -0.39 is 11.4 Å². The molecule has 4 nitrogen and oxygen atoms in total. The van der Waals surface area contributed by atoms with Crippen LogP contribution < -0.4 is 9.47 Å². The summed E-state index contributed by atoms with van der Waals surface area (Å²) in [6.07, 6.45) is -0.0507. The van der Waals surface area contributed by atoms with Gasteiger partial charge in [0.2, 0.25) is 0 Å². The molecule has 1 rings (SSSR count). The molecular weight excluding hydrogens is 256 g/mol. The standard InChI is InChI=1S/C16H22O4/c1-10(2)16(4,9-15(17)18)12-8-13(19-5)11(3)7-14(12)20-6/h7-8H,1,9H2,2-6H3,(H,17,18). The molecule has 1 aromatic rings. The molecule has 0 heterocycles. The van der Waals surface area contributed by atoms with E-state index in [2.05, 4.69) is 6.58 Å². The number of carboxylic acid groups (broad SMARTS) is 1. The summed E-state index contributed by atoms with van der Waals surface area (Å²) in [6, 6.07) is 3.70. The molecule has 0 amide bonds. The van der Waals surface area contributed by atoms with Crippen LogP contribution in [0.4, 0.5) is 0 Å². The first-order valence-corrected chi connectivity index (χ1v) is 6.37. The highest BCUT2D eigenvalue weighted by atomic mass is 16.5. The highest BCUT2D eigenvalue weighted by Gasteiger charge is 2.34. The highest BCUT2D eigenvalue weighted by molar-refractivity contribution is 5.71. The number of carbonyl (C=O) groups is 1. The molecule has 0 fully saturated rings. The van der Waals surface area contributed by atoms with E-state index in [1.54, 1.807) is 14.2 Å². The van der Waals surface area contributed by atoms with Crippen LogP contribution in [-0.4, -0.2) is 25.3 Å². The van der Waals surface area contributed by atoms with Crippen LogP contribution in [-0.2, 0) is 10.2 Å². The fourth-order valence-corrected chi connectivity index (χ4v) is 2.26. The van der Waals surface area contributed by atoms with Gasteiger partial charge in [-0.1, -0.05) is 19.1 Å². The van der Waals surface area contributed by atoms with Crippen molar-refractivity contribution in [3.8, 4) is 11.5 Å². The SMILES string of the molecule is C=C(C)C(C)(CC(=O)O)c1cc(OC)c(C)cc1OC. The van der Waals surface area contributed by atoms with Gasteiger partial charge in [-0.15, -0.1) is 0 Å². The quantitative estimate of drug-likeness (QED) is 0.811. The lowest BCUT2D eigenvalue weighted by molar-refractivity contribution is -0.138. The van der Waals surface area contributed by atoms with E-state index >= 15 is 0 Å². The van der Waals surface area contributed by atoms with Gasteiger partial charge in [-0.3, -0.25) is 4.79 Å². The molecule has 1 aromatic carbocycles. The summed E-state index contributed by atoms with van der Waals surface area (Å²) in [7, 11) is 3.16. The topological polar surface area (TPSA) is 55.8 Å². The molecule has 0 bridgehead atoms. The van der Waals surface area contributed by atoms with Gasteiger partial charge >= 0.3 is 5.97 Å². The number of allylic oxidation sites excluding steroid dienone is 1. The minimum absolute atomic E-state index is 0.0507. The van der Waals surface area contributed by atoms with Crippen molar-refractivity contribution >= 4 is 5.97 Å². The number of hydrogen-bond acceptors (Lipinski definition) is 3. The maximum Gasteiger partial charge on any atom is 0.304 e. The Morgan fingerprint density at radius 1 is 1.30 bits per heavy atom. The number of aliphatic carboxylic acids is 1. The maximum absolute atomic E-state index is 11.2. The third-order valence-electron chi connectivity index (χ3n) is 3.76. The number of rotatable bonds is 6. The Morgan fingerprint density at radius 2 is 1.85 bits per heavy atom. The zero-order valence-corrected chi connectivity index (χ0v) is 12.7. The van der Waals surface area contributed by atoms with E-state index in [1.165, 1.54) is 0 Å². The average Bonchev–Trinajstić information content (AvgIpc) is 2.36. The van der Waals surface area contributed by atoms with Crippen molar-refractivity contribution in [1.29, 1.82) is 0 Å². The van der Waals surface area contributed by atoms with Crippen molar-refractivity contribution in [3.05, 3.63) is 35.4 Å². The van der Waals surface area contributed by atoms with Crippen LogP contribution in [0.15, 0.2) is 24.3 Å². The molecule has 4 heteroatoms. The maximum atomic E-state index is 11.2. The molecule has 0 aliphatic heterocycles. The Kier molecular flexibility index (Phi) is 4.82. The van der Waals surface area contributed by atoms with Gasteiger partial charge in [0.25, 0.3) is 0 Å². The van der Waals surface area contributed by atoms with Gasteiger partial charge in [-0.25, -0.2) is 0 Å². The summed E-state index contributed by atoms with van der Waals surface area (Å²) in [5.41, 5.74) is 1.77. The summed E-state index contributed by atoms with van der Waals surface area (Å²) in [5.74, 6) is 0.478. The third kappa shape index (κ3) is 2.95. The zero-order chi connectivity index (χ0) is 15.5. The van der Waals surface area contributed by atoms with Gasteiger partial charge in [-0.2, -0.15) is 0 Å². The monoisotopic (exact) mass is 278 g/mol. The van der Waals surface area contributed by atoms with Crippen molar-refractivity contribution < 1.29 is 19.4 Å². The van der Waals surface area contributed by atoms with Gasteiger partial charge in [0, 0.05) is 11.0 Å². The molecule has 0 spiro atoms. The smallest absolute Gasteiger partial charge is 0.304 e. The molecule has 20 heavy (non-hydrogen) atoms. The van der Waals surface area contributed by atoms with Gasteiger partial charge in [-0.05, 0) is 31.5 Å². The minimum Gasteiger partial charge on any atom is -0.496 e. The molecule has 1 atom stereocenters. The van der Waals surface area contributed by atoms with Crippen molar-refractivity contribution in [2.24, 2.45) is 0 Å². The fourth-order valence-electron chi connectivity index (χ4n) is 2.26. The number of benzene rings is 1. The van der Waals surface area contributed by atoms with E-state index in [0.717, 1.165) is 16.7 Å². The number of methoxy groups -OCH3 is 2. The summed E-state index contributed by atoms with van der Waals surface area (Å²) >= 11 is 0. The Labute approximate surface area is 120 Å². The van der Waals surface area contributed by atoms with Crippen molar-refractivity contribution in [1.82, 2.24) is 0 Å². The highest BCUT2D eigenvalue weighted by Crippen LogP contribution is 2.42. The lowest BCUT2D eigenvalue weighted by Crippen LogP contribution is -2.27. The average molecular weight is 278 g/mol. The van der Waals surface area contributed by atoms with Gasteiger partial charge in [0.05, 0.1) is 20.6 Å². The molecular formula is C16H22O4. The molecule has 0 aliphatic rings. The third-order valence-corrected chi connectivity index (χ3v) is 3.76. The Balaban J connectivity index is 3.54. The van der Waals surface area contributed by atoms with Crippen molar-refractivity contribution in [3.63, 3.8) is 0 Å². The Hall–Kier alpha value is -1.97. The largest absolute Gasteiger partial charge is 0.496 e. The van der Waals surface area contributed by atoms with E-state index in [4.69, 9.17) is 9.47 Å². The predicted octanol–water partition coefficient (Wildman–Crippen LogP) is 3.32. The number of ether oxygens (including phenoxy) is 2. The van der Waals surface area contributed by atoms with Gasteiger partial charge in [0.15, 0.2) is 0 Å². The van der Waals surface area contributed by atoms with Crippen LogP contribution in [0.25, 0.3) is 0 Å². The summed E-state index contributed by atoms with van der Waals surface area (Å²) in [4.78, 5) is 11.2. The van der Waals surface area contributed by atoms with Crippen LogP contribution in [0.2, 0.25) is 0 Å². The van der Waals surface area contributed by atoms with Crippen LogP contribution >= 0.6 is 0 Å². The molecule has 0 radical (unpaired) electrons. The first kappa shape index (κ1) is 16.1. The molecule has 1 unspecified atom stereocenters. The predicted molar refractivity (Wildman–Crippen MR) is 78.7 cm³/mol. The second-order valence-corrected chi connectivity index (χ2v) is 5.21. The lowest BCUT2D eigenvalue weighted by Gasteiger charge is -2.31. The Bertz CT molecular complexity index is 534. The van der Waals surface area contributed by atoms with Gasteiger partial charge < -0.3 is 14.6 Å². The first-order chi connectivity index (χ1) is 9.26. The second-order valence-electron chi connectivity index (χ2n) is 5.21. The minimum atomic E-state index is -0.878. The van der Waals surface area contributed by atoms with E-state index in [1.807, 2.05) is 32.9 Å². The molecule has 0 saturated carbocycles. The van der Waals surface area contributed by atoms with E-state index in [-0.39, 0.29) is 6.42 Å². The van der Waals surface area contributed by atoms with Crippen LogP contribution in [0.5, 0.6) is 11.5 Å². The number of hydrogen-bond donors (Lipinski definition) is 1. The van der Waals surface area contributed by atoms with Gasteiger partial charge in [0.1, 0.15) is 11.5 Å². The van der Waals surface area contributed by atoms with E-state index in [0.29, 0.717) is 11.5 Å². The van der Waals surface area contributed by atoms with Crippen LogP contribution in [0.1, 0.15) is 31.4 Å². The normalized spacial score (nSPS) is 13.4. The molecule has 0 aliphatic carbocycles. The van der Waals surface area contributed by atoms with Crippen molar-refractivity contribution in [2.45, 2.75) is 32.6 Å².